The molecule has 1 aromatic carbocycles. The summed E-state index contributed by atoms with van der Waals surface area (Å²) in [6.45, 7) is 0. The summed E-state index contributed by atoms with van der Waals surface area (Å²) >= 11 is 6.03. The number of halogens is 1. The minimum atomic E-state index is 0.284. The van der Waals surface area contributed by atoms with E-state index in [0.29, 0.717) is 22.6 Å². The van der Waals surface area contributed by atoms with Gasteiger partial charge in [0.1, 0.15) is 0 Å². The minimum absolute atomic E-state index is 0.284. The summed E-state index contributed by atoms with van der Waals surface area (Å²) in [6.07, 6.45) is 2.16. The van der Waals surface area contributed by atoms with Crippen LogP contribution in [0.25, 0.3) is 11.4 Å². The molecule has 2 N–H and O–H groups in total. The van der Waals surface area contributed by atoms with Gasteiger partial charge in [-0.1, -0.05) is 11.6 Å². The normalized spacial score (nSPS) is 22.2. The van der Waals surface area contributed by atoms with Crippen molar-refractivity contribution in [2.75, 3.05) is 12.8 Å². The van der Waals surface area contributed by atoms with Crippen LogP contribution in [-0.4, -0.2) is 33.4 Å². The first kappa shape index (κ1) is 12.4. The maximum atomic E-state index is 6.03. The van der Waals surface area contributed by atoms with E-state index in [4.69, 9.17) is 22.1 Å². The smallest absolute Gasteiger partial charge is 0.182 e. The van der Waals surface area contributed by atoms with Crippen molar-refractivity contribution < 1.29 is 4.74 Å². The molecule has 6 nitrogen and oxygen atoms in total. The summed E-state index contributed by atoms with van der Waals surface area (Å²) in [6, 6.07) is 5.70. The minimum Gasteiger partial charge on any atom is -0.398 e. The number of hydrogen-bond acceptors (Lipinski definition) is 5. The molecule has 0 saturated heterocycles. The third-order valence-corrected chi connectivity index (χ3v) is 3.83. The van der Waals surface area contributed by atoms with Gasteiger partial charge >= 0.3 is 0 Å². The predicted molar refractivity (Wildman–Crippen MR) is 71.7 cm³/mol. The number of aromatic nitrogens is 4. The maximum absolute atomic E-state index is 6.03. The molecule has 1 aromatic heterocycles. The third kappa shape index (κ3) is 2.17. The summed E-state index contributed by atoms with van der Waals surface area (Å²) in [5, 5.41) is 12.4. The number of nitrogen functional groups attached to an aromatic ring is 1. The Balaban J connectivity index is 1.89. The molecule has 1 saturated carbocycles. The van der Waals surface area contributed by atoms with Gasteiger partial charge in [-0.2, -0.15) is 0 Å². The van der Waals surface area contributed by atoms with Crippen LogP contribution in [0, 0.1) is 0 Å². The molecule has 1 fully saturated rings. The van der Waals surface area contributed by atoms with Gasteiger partial charge in [0.05, 0.1) is 22.9 Å². The third-order valence-electron chi connectivity index (χ3n) is 3.50. The first-order chi connectivity index (χ1) is 9.19. The average molecular weight is 280 g/mol. The molecule has 7 heteroatoms. The van der Waals surface area contributed by atoms with E-state index in [1.807, 2.05) is 10.7 Å². The average Bonchev–Trinajstić information content (AvgIpc) is 2.80. The second kappa shape index (κ2) is 4.79. The van der Waals surface area contributed by atoms with Crippen molar-refractivity contribution in [2.45, 2.75) is 25.0 Å². The predicted octanol–water partition coefficient (Wildman–Crippen LogP) is 1.93. The lowest BCUT2D eigenvalue weighted by atomic mass is 9.89. The summed E-state index contributed by atoms with van der Waals surface area (Å²) < 4.78 is 7.11. The Morgan fingerprint density at radius 3 is 2.89 bits per heavy atom. The van der Waals surface area contributed by atoms with E-state index in [1.165, 1.54) is 0 Å². The lowest BCUT2D eigenvalue weighted by Crippen LogP contribution is -2.33. The second-order valence-electron chi connectivity index (χ2n) is 4.67. The molecule has 3 rings (SSSR count). The molecular weight excluding hydrogens is 266 g/mol. The lowest BCUT2D eigenvalue weighted by Gasteiger charge is -2.34. The topological polar surface area (TPSA) is 78.8 Å². The SMILES string of the molecule is COC1CC(n2nnnc2-c2ccc(N)c(Cl)c2)C1. The Hall–Kier alpha value is -1.66. The Bertz CT molecular complexity index is 594. The lowest BCUT2D eigenvalue weighted by molar-refractivity contribution is 0.00248. The molecule has 100 valence electrons. The van der Waals surface area contributed by atoms with Gasteiger partial charge in [-0.15, -0.1) is 5.10 Å². The molecule has 0 spiro atoms. The summed E-state index contributed by atoms with van der Waals surface area (Å²) in [5.74, 6) is 0.710. The number of hydrogen-bond donors (Lipinski definition) is 1. The maximum Gasteiger partial charge on any atom is 0.182 e. The van der Waals surface area contributed by atoms with E-state index in [-0.39, 0.29) is 6.04 Å². The highest BCUT2D eigenvalue weighted by Gasteiger charge is 2.33. The highest BCUT2D eigenvalue weighted by Crippen LogP contribution is 2.36. The quantitative estimate of drug-likeness (QED) is 0.869. The number of benzene rings is 1. The second-order valence-corrected chi connectivity index (χ2v) is 5.07. The fourth-order valence-electron chi connectivity index (χ4n) is 2.23. The zero-order valence-electron chi connectivity index (χ0n) is 10.5. The Kier molecular flexibility index (Phi) is 3.12. The van der Waals surface area contributed by atoms with E-state index in [0.717, 1.165) is 18.4 Å². The van der Waals surface area contributed by atoms with Crippen molar-refractivity contribution in [1.29, 1.82) is 0 Å². The summed E-state index contributed by atoms with van der Waals surface area (Å²) in [5.41, 5.74) is 7.12. The van der Waals surface area contributed by atoms with Crippen LogP contribution in [0.2, 0.25) is 5.02 Å². The van der Waals surface area contributed by atoms with Crippen molar-refractivity contribution in [1.82, 2.24) is 20.2 Å². The molecule has 0 radical (unpaired) electrons. The standard InChI is InChI=1S/C12H14ClN5O/c1-19-9-5-8(6-9)18-12(15-16-17-18)7-2-3-11(14)10(13)4-7/h2-4,8-9H,5-6,14H2,1H3. The molecule has 1 aliphatic rings. The van der Waals surface area contributed by atoms with Crippen molar-refractivity contribution in [2.24, 2.45) is 0 Å². The van der Waals surface area contributed by atoms with Gasteiger partial charge in [0.15, 0.2) is 5.82 Å². The van der Waals surface area contributed by atoms with Gasteiger partial charge in [0.2, 0.25) is 0 Å². The summed E-state index contributed by atoms with van der Waals surface area (Å²) in [7, 11) is 1.72. The van der Waals surface area contributed by atoms with Gasteiger partial charge in [-0.25, -0.2) is 4.68 Å². The van der Waals surface area contributed by atoms with E-state index in [1.54, 1.807) is 19.2 Å². The van der Waals surface area contributed by atoms with Crippen LogP contribution in [0.1, 0.15) is 18.9 Å². The molecular formula is C12H14ClN5O. The van der Waals surface area contributed by atoms with Crippen LogP contribution in [-0.2, 0) is 4.74 Å². The number of nitrogens with zero attached hydrogens (tertiary/aromatic N) is 4. The Morgan fingerprint density at radius 2 is 2.21 bits per heavy atom. The van der Waals surface area contributed by atoms with E-state index >= 15 is 0 Å². The molecule has 0 amide bonds. The largest absolute Gasteiger partial charge is 0.398 e. The van der Waals surface area contributed by atoms with Crippen molar-refractivity contribution in [3.8, 4) is 11.4 Å². The Morgan fingerprint density at radius 1 is 1.42 bits per heavy atom. The molecule has 0 atom stereocenters. The van der Waals surface area contributed by atoms with Crippen LogP contribution < -0.4 is 5.73 Å². The molecule has 0 bridgehead atoms. The van der Waals surface area contributed by atoms with Crippen LogP contribution in [0.15, 0.2) is 18.2 Å². The molecule has 1 aliphatic carbocycles. The fourth-order valence-corrected chi connectivity index (χ4v) is 2.41. The molecule has 1 heterocycles. The van der Waals surface area contributed by atoms with Crippen molar-refractivity contribution in [3.63, 3.8) is 0 Å². The van der Waals surface area contributed by atoms with E-state index in [2.05, 4.69) is 15.5 Å². The fraction of sp³-hybridized carbons (Fsp3) is 0.417. The van der Waals surface area contributed by atoms with Gasteiger partial charge in [0, 0.05) is 12.7 Å². The highest BCUT2D eigenvalue weighted by atomic mass is 35.5. The molecule has 19 heavy (non-hydrogen) atoms. The van der Waals surface area contributed by atoms with Crippen LogP contribution >= 0.6 is 11.6 Å². The number of anilines is 1. The Labute approximate surface area is 115 Å². The van der Waals surface area contributed by atoms with E-state index < -0.39 is 0 Å². The molecule has 0 unspecified atom stereocenters. The van der Waals surface area contributed by atoms with E-state index in [9.17, 15) is 0 Å². The summed E-state index contributed by atoms with van der Waals surface area (Å²) in [4.78, 5) is 0. The highest BCUT2D eigenvalue weighted by molar-refractivity contribution is 6.33. The van der Waals surface area contributed by atoms with Gasteiger partial charge in [-0.05, 0) is 41.5 Å². The van der Waals surface area contributed by atoms with Crippen LogP contribution in [0.4, 0.5) is 5.69 Å². The number of methoxy groups -OCH3 is 1. The van der Waals surface area contributed by atoms with Crippen molar-refractivity contribution in [3.05, 3.63) is 23.2 Å². The van der Waals surface area contributed by atoms with Gasteiger partial charge in [-0.3, -0.25) is 0 Å². The van der Waals surface area contributed by atoms with Crippen molar-refractivity contribution >= 4 is 17.3 Å². The number of nitrogens with two attached hydrogens (primary N) is 1. The number of ether oxygens (including phenoxy) is 1. The molecule has 0 aliphatic heterocycles. The number of rotatable bonds is 3. The van der Waals surface area contributed by atoms with Crippen LogP contribution in [0.5, 0.6) is 0 Å². The monoisotopic (exact) mass is 279 g/mol. The first-order valence-corrected chi connectivity index (χ1v) is 6.43. The van der Waals surface area contributed by atoms with Gasteiger partial charge in [0.25, 0.3) is 0 Å². The zero-order valence-corrected chi connectivity index (χ0v) is 11.2. The number of tetrazole rings is 1. The van der Waals surface area contributed by atoms with Crippen LogP contribution in [0.3, 0.4) is 0 Å². The zero-order chi connectivity index (χ0) is 13.4. The first-order valence-electron chi connectivity index (χ1n) is 6.05. The van der Waals surface area contributed by atoms with Gasteiger partial charge < -0.3 is 10.5 Å². The molecule has 2 aromatic rings.